The number of carbonyl (C=O) groups excluding carboxylic acids is 1. The highest BCUT2D eigenvalue weighted by atomic mass is 32.2. The molecule has 1 heterocycles. The Morgan fingerprint density at radius 2 is 1.95 bits per heavy atom. The molecule has 0 radical (unpaired) electrons. The van der Waals surface area contributed by atoms with Gasteiger partial charge in [-0.05, 0) is 32.4 Å². The molecule has 1 unspecified atom stereocenters. The van der Waals surface area contributed by atoms with Crippen LogP contribution in [0.2, 0.25) is 0 Å². The average molecular weight is 311 g/mol. The molecule has 1 atom stereocenters. The van der Waals surface area contributed by atoms with Crippen LogP contribution >= 0.6 is 0 Å². The molecule has 1 aliphatic heterocycles. The first kappa shape index (κ1) is 15.9. The Bertz CT molecular complexity index is 643. The van der Waals surface area contributed by atoms with Crippen molar-refractivity contribution >= 4 is 21.8 Å². The van der Waals surface area contributed by atoms with E-state index in [9.17, 15) is 13.2 Å². The summed E-state index contributed by atoms with van der Waals surface area (Å²) in [5.74, 6) is -0.319. The number of carbonyl (C=O) groups is 1. The summed E-state index contributed by atoms with van der Waals surface area (Å²) < 4.78 is 28.0. The smallest absolute Gasteiger partial charge is 0.282 e. The molecule has 1 aromatic rings. The van der Waals surface area contributed by atoms with Gasteiger partial charge in [-0.3, -0.25) is 4.79 Å². The summed E-state index contributed by atoms with van der Waals surface area (Å²) in [6.45, 7) is 5.38. The number of nitrogens with one attached hydrogen (secondary N) is 1. The van der Waals surface area contributed by atoms with Crippen LogP contribution in [0.25, 0.3) is 0 Å². The van der Waals surface area contributed by atoms with Gasteiger partial charge in [0.25, 0.3) is 10.2 Å². The second kappa shape index (κ2) is 5.75. The van der Waals surface area contributed by atoms with E-state index in [1.54, 1.807) is 26.8 Å². The summed E-state index contributed by atoms with van der Waals surface area (Å²) in [5.41, 5.74) is 1.45. The lowest BCUT2D eigenvalue weighted by molar-refractivity contribution is -0.119. The lowest BCUT2D eigenvalue weighted by atomic mass is 10.2. The lowest BCUT2D eigenvalue weighted by Crippen LogP contribution is -2.50. The summed E-state index contributed by atoms with van der Waals surface area (Å²) in [4.78, 5) is 12.2. The third kappa shape index (κ3) is 2.95. The maximum absolute atomic E-state index is 12.7. The van der Waals surface area contributed by atoms with Crippen LogP contribution in [-0.2, 0) is 21.5 Å². The van der Waals surface area contributed by atoms with Crippen molar-refractivity contribution in [2.24, 2.45) is 0 Å². The molecule has 0 aliphatic carbocycles. The van der Waals surface area contributed by atoms with E-state index >= 15 is 0 Å². The van der Waals surface area contributed by atoms with Crippen LogP contribution in [0.15, 0.2) is 24.3 Å². The molecule has 1 aliphatic rings. The zero-order valence-corrected chi connectivity index (χ0v) is 13.5. The topological polar surface area (TPSA) is 69.7 Å². The molecule has 7 heteroatoms. The Labute approximate surface area is 125 Å². The summed E-state index contributed by atoms with van der Waals surface area (Å²) in [5, 5.41) is 2.78. The van der Waals surface area contributed by atoms with Crippen LogP contribution in [0.1, 0.15) is 26.3 Å². The molecule has 0 bridgehead atoms. The molecule has 0 saturated carbocycles. The normalized spacial score (nSPS) is 20.3. The molecule has 6 nitrogen and oxygen atoms in total. The first-order chi connectivity index (χ1) is 9.75. The summed E-state index contributed by atoms with van der Waals surface area (Å²) in [6.07, 6.45) is 0. The van der Waals surface area contributed by atoms with E-state index in [-0.39, 0.29) is 18.5 Å². The van der Waals surface area contributed by atoms with Crippen molar-refractivity contribution in [3.63, 3.8) is 0 Å². The van der Waals surface area contributed by atoms with Gasteiger partial charge in [0.2, 0.25) is 5.91 Å². The van der Waals surface area contributed by atoms with E-state index in [1.165, 1.54) is 15.7 Å². The van der Waals surface area contributed by atoms with Crippen molar-refractivity contribution in [2.75, 3.05) is 12.4 Å². The Kier molecular flexibility index (Phi) is 4.36. The molecule has 0 saturated heterocycles. The van der Waals surface area contributed by atoms with Gasteiger partial charge in [-0.25, -0.2) is 0 Å². The van der Waals surface area contributed by atoms with Gasteiger partial charge in [0, 0.05) is 25.3 Å². The molecule has 0 spiro atoms. The molecule has 1 N–H and O–H groups in total. The van der Waals surface area contributed by atoms with Crippen LogP contribution in [-0.4, -0.2) is 42.1 Å². The zero-order chi connectivity index (χ0) is 15.8. The van der Waals surface area contributed by atoms with Crippen molar-refractivity contribution in [2.45, 2.75) is 39.4 Å². The standard InChI is InChI=1S/C14H21N3O3S/c1-10(2)16(4)21(19,20)17-9-12-7-5-6-8-13(12)15-14(18)11(17)3/h5-8,10-11H,9H2,1-4H3,(H,15,18). The Balaban J connectivity index is 2.46. The highest BCUT2D eigenvalue weighted by Crippen LogP contribution is 2.26. The molecule has 0 fully saturated rings. The minimum Gasteiger partial charge on any atom is -0.324 e. The lowest BCUT2D eigenvalue weighted by Gasteiger charge is -2.31. The van der Waals surface area contributed by atoms with Crippen LogP contribution in [0.5, 0.6) is 0 Å². The SMILES string of the molecule is CC(C)N(C)S(=O)(=O)N1Cc2ccccc2NC(=O)C1C. The van der Waals surface area contributed by atoms with Crippen LogP contribution in [0, 0.1) is 0 Å². The van der Waals surface area contributed by atoms with Crippen molar-refractivity contribution in [3.8, 4) is 0 Å². The first-order valence-corrected chi connectivity index (χ1v) is 8.28. The van der Waals surface area contributed by atoms with E-state index in [0.29, 0.717) is 5.69 Å². The quantitative estimate of drug-likeness (QED) is 0.917. The molecular formula is C14H21N3O3S. The third-order valence-electron chi connectivity index (χ3n) is 3.80. The van der Waals surface area contributed by atoms with Crippen molar-refractivity contribution in [1.82, 2.24) is 8.61 Å². The zero-order valence-electron chi connectivity index (χ0n) is 12.7. The number of anilines is 1. The minimum absolute atomic E-state index is 0.176. The molecule has 116 valence electrons. The Hall–Kier alpha value is -1.44. The number of para-hydroxylation sites is 1. The highest BCUT2D eigenvalue weighted by molar-refractivity contribution is 7.86. The van der Waals surface area contributed by atoms with E-state index in [4.69, 9.17) is 0 Å². The Morgan fingerprint density at radius 1 is 1.33 bits per heavy atom. The predicted molar refractivity (Wildman–Crippen MR) is 81.9 cm³/mol. The van der Waals surface area contributed by atoms with E-state index in [2.05, 4.69) is 5.32 Å². The van der Waals surface area contributed by atoms with Gasteiger partial charge in [-0.2, -0.15) is 17.0 Å². The molecule has 1 aromatic carbocycles. The highest BCUT2D eigenvalue weighted by Gasteiger charge is 2.37. The second-order valence-corrected chi connectivity index (χ2v) is 7.43. The number of benzene rings is 1. The first-order valence-electron chi connectivity index (χ1n) is 6.88. The molecule has 21 heavy (non-hydrogen) atoms. The molecule has 2 rings (SSSR count). The largest absolute Gasteiger partial charge is 0.324 e. The number of nitrogens with zero attached hydrogens (tertiary/aromatic N) is 2. The summed E-state index contributed by atoms with van der Waals surface area (Å²) in [7, 11) is -2.17. The molecule has 0 aromatic heterocycles. The monoisotopic (exact) mass is 311 g/mol. The fraction of sp³-hybridized carbons (Fsp3) is 0.500. The summed E-state index contributed by atoms with van der Waals surface area (Å²) >= 11 is 0. The van der Waals surface area contributed by atoms with Crippen molar-refractivity contribution < 1.29 is 13.2 Å². The molecular weight excluding hydrogens is 290 g/mol. The van der Waals surface area contributed by atoms with Crippen LogP contribution in [0.3, 0.4) is 0 Å². The van der Waals surface area contributed by atoms with E-state index < -0.39 is 16.3 Å². The van der Waals surface area contributed by atoms with Gasteiger partial charge < -0.3 is 5.32 Å². The minimum atomic E-state index is -3.70. The van der Waals surface area contributed by atoms with Crippen molar-refractivity contribution in [3.05, 3.63) is 29.8 Å². The second-order valence-electron chi connectivity index (χ2n) is 5.49. The summed E-state index contributed by atoms with van der Waals surface area (Å²) in [6, 6.07) is 6.31. The number of fused-ring (bicyclic) bond motifs is 1. The van der Waals surface area contributed by atoms with Crippen LogP contribution in [0.4, 0.5) is 5.69 Å². The van der Waals surface area contributed by atoms with E-state index in [1.807, 2.05) is 18.2 Å². The predicted octanol–water partition coefficient (Wildman–Crippen LogP) is 1.41. The number of hydrogen-bond acceptors (Lipinski definition) is 3. The Morgan fingerprint density at radius 3 is 2.57 bits per heavy atom. The van der Waals surface area contributed by atoms with E-state index in [0.717, 1.165) is 5.56 Å². The maximum atomic E-state index is 12.7. The third-order valence-corrected chi connectivity index (χ3v) is 5.99. The maximum Gasteiger partial charge on any atom is 0.282 e. The fourth-order valence-electron chi connectivity index (χ4n) is 2.17. The van der Waals surface area contributed by atoms with Gasteiger partial charge in [0.1, 0.15) is 6.04 Å². The van der Waals surface area contributed by atoms with Gasteiger partial charge in [0.05, 0.1) is 0 Å². The average Bonchev–Trinajstić information content (AvgIpc) is 2.56. The number of hydrogen-bond donors (Lipinski definition) is 1. The molecule has 1 amide bonds. The van der Waals surface area contributed by atoms with Gasteiger partial charge >= 0.3 is 0 Å². The van der Waals surface area contributed by atoms with Gasteiger partial charge in [-0.1, -0.05) is 18.2 Å². The number of amides is 1. The fourth-order valence-corrected chi connectivity index (χ4v) is 3.83. The number of rotatable bonds is 3. The van der Waals surface area contributed by atoms with Crippen LogP contribution < -0.4 is 5.32 Å². The van der Waals surface area contributed by atoms with Gasteiger partial charge in [-0.15, -0.1) is 0 Å². The van der Waals surface area contributed by atoms with Crippen molar-refractivity contribution in [1.29, 1.82) is 0 Å². The van der Waals surface area contributed by atoms with Gasteiger partial charge in [0.15, 0.2) is 0 Å².